The minimum atomic E-state index is -0.0617. The summed E-state index contributed by atoms with van der Waals surface area (Å²) in [6.45, 7) is 2.22. The highest BCUT2D eigenvalue weighted by Gasteiger charge is 2.26. The first-order chi connectivity index (χ1) is 11.6. The average molecular weight is 346 g/mol. The second-order valence-electron chi connectivity index (χ2n) is 5.86. The van der Waals surface area contributed by atoms with Gasteiger partial charge in [0.25, 0.3) is 0 Å². The number of ether oxygens (including phenoxy) is 1. The Balaban J connectivity index is 1.59. The van der Waals surface area contributed by atoms with Crippen LogP contribution in [-0.4, -0.2) is 49.7 Å². The summed E-state index contributed by atoms with van der Waals surface area (Å²) in [4.78, 5) is 21.8. The summed E-state index contributed by atoms with van der Waals surface area (Å²) in [5, 5.41) is 5.03. The van der Waals surface area contributed by atoms with E-state index in [9.17, 15) is 4.79 Å². The summed E-state index contributed by atoms with van der Waals surface area (Å²) in [5.41, 5.74) is 0.999. The lowest BCUT2D eigenvalue weighted by Crippen LogP contribution is -2.46. The molecule has 1 atom stereocenters. The summed E-state index contributed by atoms with van der Waals surface area (Å²) in [7, 11) is 3.89. The van der Waals surface area contributed by atoms with E-state index in [0.717, 1.165) is 16.3 Å². The van der Waals surface area contributed by atoms with E-state index in [1.807, 2.05) is 47.5 Å². The number of hydrogen-bond acceptors (Lipinski definition) is 5. The van der Waals surface area contributed by atoms with E-state index < -0.39 is 0 Å². The van der Waals surface area contributed by atoms with Gasteiger partial charge in [0.2, 0.25) is 0 Å². The van der Waals surface area contributed by atoms with Gasteiger partial charge in [-0.3, -0.25) is 0 Å². The standard InChI is InChI=1S/C17H22N4O2S/c1-20(2)16-13(5-3-7-18-16)11-19-17(22)21-8-9-23-14(12-21)15-6-4-10-24-15/h3-7,10,14H,8-9,11-12H2,1-2H3,(H,19,22)/t14-/m0/s1. The Kier molecular flexibility index (Phi) is 5.32. The van der Waals surface area contributed by atoms with Crippen LogP contribution < -0.4 is 10.2 Å². The van der Waals surface area contributed by atoms with Crippen molar-refractivity contribution in [2.75, 3.05) is 38.7 Å². The van der Waals surface area contributed by atoms with Crippen molar-refractivity contribution < 1.29 is 9.53 Å². The Morgan fingerprint density at radius 1 is 1.46 bits per heavy atom. The number of nitrogens with one attached hydrogen (secondary N) is 1. The molecule has 1 aliphatic rings. The lowest BCUT2D eigenvalue weighted by atomic mass is 10.2. The number of morpholine rings is 1. The van der Waals surface area contributed by atoms with Gasteiger partial charge >= 0.3 is 6.03 Å². The molecule has 0 unspecified atom stereocenters. The molecule has 0 bridgehead atoms. The van der Waals surface area contributed by atoms with E-state index in [0.29, 0.717) is 26.2 Å². The summed E-state index contributed by atoms with van der Waals surface area (Å²) in [6, 6.07) is 7.86. The van der Waals surface area contributed by atoms with Gasteiger partial charge in [-0.15, -0.1) is 11.3 Å². The summed E-state index contributed by atoms with van der Waals surface area (Å²) < 4.78 is 5.79. The SMILES string of the molecule is CN(C)c1ncccc1CNC(=O)N1CCO[C@H](c2cccs2)C1. The van der Waals surface area contributed by atoms with Crippen molar-refractivity contribution in [3.05, 3.63) is 46.3 Å². The Labute approximate surface area is 146 Å². The van der Waals surface area contributed by atoms with Gasteiger partial charge in [-0.2, -0.15) is 0 Å². The molecule has 6 nitrogen and oxygen atoms in total. The Morgan fingerprint density at radius 2 is 2.33 bits per heavy atom. The highest BCUT2D eigenvalue weighted by atomic mass is 32.1. The first-order valence-electron chi connectivity index (χ1n) is 7.94. The van der Waals surface area contributed by atoms with Crippen molar-refractivity contribution in [1.29, 1.82) is 0 Å². The van der Waals surface area contributed by atoms with Crippen LogP contribution in [0.5, 0.6) is 0 Å². The Hall–Kier alpha value is -2.12. The normalized spacial score (nSPS) is 17.6. The van der Waals surface area contributed by atoms with Crippen LogP contribution in [0.1, 0.15) is 16.5 Å². The minimum Gasteiger partial charge on any atom is -0.369 e. The zero-order valence-corrected chi connectivity index (χ0v) is 14.8. The Morgan fingerprint density at radius 3 is 3.08 bits per heavy atom. The topological polar surface area (TPSA) is 57.7 Å². The van der Waals surface area contributed by atoms with E-state index in [2.05, 4.69) is 16.4 Å². The number of aromatic nitrogens is 1. The molecule has 0 spiro atoms. The number of carbonyl (C=O) groups excluding carboxylic acids is 1. The van der Waals surface area contributed by atoms with Gasteiger partial charge in [0, 0.05) is 43.8 Å². The van der Waals surface area contributed by atoms with E-state index in [1.165, 1.54) is 0 Å². The number of amides is 2. The fraction of sp³-hybridized carbons (Fsp3) is 0.412. The number of anilines is 1. The predicted octanol–water partition coefficient (Wildman–Crippen LogP) is 2.49. The molecule has 24 heavy (non-hydrogen) atoms. The van der Waals surface area contributed by atoms with Gasteiger partial charge < -0.3 is 19.9 Å². The number of nitrogens with zero attached hydrogens (tertiary/aromatic N) is 3. The molecule has 1 saturated heterocycles. The fourth-order valence-electron chi connectivity index (χ4n) is 2.73. The number of carbonyl (C=O) groups is 1. The summed E-state index contributed by atoms with van der Waals surface area (Å²) in [5.74, 6) is 0.872. The van der Waals surface area contributed by atoms with Crippen molar-refractivity contribution in [3.8, 4) is 0 Å². The third-order valence-electron chi connectivity index (χ3n) is 3.94. The molecule has 2 aromatic rings. The largest absolute Gasteiger partial charge is 0.369 e. The van der Waals surface area contributed by atoms with Crippen LogP contribution in [0.2, 0.25) is 0 Å². The van der Waals surface area contributed by atoms with Crippen LogP contribution in [-0.2, 0) is 11.3 Å². The van der Waals surface area contributed by atoms with E-state index in [1.54, 1.807) is 17.5 Å². The molecule has 1 aliphatic heterocycles. The molecule has 0 radical (unpaired) electrons. The number of rotatable bonds is 4. The third kappa shape index (κ3) is 3.85. The number of hydrogen-bond donors (Lipinski definition) is 1. The molecule has 0 aliphatic carbocycles. The van der Waals surface area contributed by atoms with Gasteiger partial charge in [0.05, 0.1) is 13.2 Å². The molecule has 2 amide bonds. The maximum Gasteiger partial charge on any atom is 0.317 e. The maximum atomic E-state index is 12.5. The zero-order valence-electron chi connectivity index (χ0n) is 13.9. The number of urea groups is 1. The molecule has 2 aromatic heterocycles. The zero-order chi connectivity index (χ0) is 16.9. The first kappa shape index (κ1) is 16.7. The quantitative estimate of drug-likeness (QED) is 0.924. The molecular formula is C17H22N4O2S. The molecule has 0 aromatic carbocycles. The smallest absolute Gasteiger partial charge is 0.317 e. The van der Waals surface area contributed by atoms with Crippen LogP contribution in [0.3, 0.4) is 0 Å². The van der Waals surface area contributed by atoms with Crippen LogP contribution in [0.4, 0.5) is 10.6 Å². The molecule has 1 fully saturated rings. The van der Waals surface area contributed by atoms with Gasteiger partial charge in [-0.25, -0.2) is 9.78 Å². The lowest BCUT2D eigenvalue weighted by Gasteiger charge is -2.32. The van der Waals surface area contributed by atoms with Gasteiger partial charge in [0.1, 0.15) is 11.9 Å². The molecule has 7 heteroatoms. The van der Waals surface area contributed by atoms with Gasteiger partial charge in [-0.1, -0.05) is 12.1 Å². The minimum absolute atomic E-state index is 0.0276. The highest BCUT2D eigenvalue weighted by Crippen LogP contribution is 2.26. The number of pyridine rings is 1. The first-order valence-corrected chi connectivity index (χ1v) is 8.82. The van der Waals surface area contributed by atoms with Gasteiger partial charge in [-0.05, 0) is 17.5 Å². The summed E-state index contributed by atoms with van der Waals surface area (Å²) in [6.07, 6.45) is 1.73. The third-order valence-corrected chi connectivity index (χ3v) is 4.90. The Bertz CT molecular complexity index is 675. The molecule has 3 heterocycles. The van der Waals surface area contributed by atoms with Gasteiger partial charge in [0.15, 0.2) is 0 Å². The predicted molar refractivity (Wildman–Crippen MR) is 95.4 cm³/mol. The van der Waals surface area contributed by atoms with Crippen molar-refractivity contribution in [3.63, 3.8) is 0 Å². The van der Waals surface area contributed by atoms with E-state index in [4.69, 9.17) is 4.74 Å². The lowest BCUT2D eigenvalue weighted by molar-refractivity contribution is -0.0136. The fourth-order valence-corrected chi connectivity index (χ4v) is 3.50. The molecule has 3 rings (SSSR count). The van der Waals surface area contributed by atoms with Crippen molar-refractivity contribution in [1.82, 2.24) is 15.2 Å². The average Bonchev–Trinajstić information content (AvgIpc) is 3.14. The van der Waals surface area contributed by atoms with E-state index in [-0.39, 0.29) is 12.1 Å². The second kappa shape index (κ2) is 7.63. The van der Waals surface area contributed by atoms with Crippen LogP contribution in [0.25, 0.3) is 0 Å². The molecular weight excluding hydrogens is 324 g/mol. The highest BCUT2D eigenvalue weighted by molar-refractivity contribution is 7.10. The second-order valence-corrected chi connectivity index (χ2v) is 6.84. The monoisotopic (exact) mass is 346 g/mol. The van der Waals surface area contributed by atoms with Crippen LogP contribution in [0, 0.1) is 0 Å². The van der Waals surface area contributed by atoms with Crippen LogP contribution in [0.15, 0.2) is 35.8 Å². The maximum absolute atomic E-state index is 12.5. The molecule has 1 N–H and O–H groups in total. The van der Waals surface area contributed by atoms with E-state index >= 15 is 0 Å². The summed E-state index contributed by atoms with van der Waals surface area (Å²) >= 11 is 1.66. The van der Waals surface area contributed by atoms with Crippen molar-refractivity contribution >= 4 is 23.2 Å². The van der Waals surface area contributed by atoms with Crippen molar-refractivity contribution in [2.24, 2.45) is 0 Å². The van der Waals surface area contributed by atoms with Crippen LogP contribution >= 0.6 is 11.3 Å². The molecule has 0 saturated carbocycles. The molecule has 128 valence electrons. The van der Waals surface area contributed by atoms with Crippen molar-refractivity contribution in [2.45, 2.75) is 12.6 Å². The number of thiophene rings is 1.